The topological polar surface area (TPSA) is 98.1 Å². The average Bonchev–Trinajstić information content (AvgIpc) is 3.56. The lowest BCUT2D eigenvalue weighted by molar-refractivity contribution is -0.156. The van der Waals surface area contributed by atoms with Crippen molar-refractivity contribution < 1.29 is 28.7 Å². The Hall–Kier alpha value is -3.46. The summed E-state index contributed by atoms with van der Waals surface area (Å²) in [4.78, 5) is 56.4. The molecule has 3 heterocycles. The highest BCUT2D eigenvalue weighted by Gasteiger charge is 2.64. The number of carbonyl (C=O) groups is 4. The van der Waals surface area contributed by atoms with E-state index in [2.05, 4.69) is 0 Å². The highest BCUT2D eigenvalue weighted by Crippen LogP contribution is 2.49. The van der Waals surface area contributed by atoms with Crippen LogP contribution in [0.2, 0.25) is 0 Å². The molecule has 2 fully saturated rings. The summed E-state index contributed by atoms with van der Waals surface area (Å²) in [7, 11) is 1.63. The van der Waals surface area contributed by atoms with Crippen LogP contribution in [0.15, 0.2) is 30.3 Å². The fourth-order valence-corrected chi connectivity index (χ4v) is 5.89. The molecule has 2 aromatic rings. The Morgan fingerprint density at radius 3 is 2.58 bits per heavy atom. The lowest BCUT2D eigenvalue weighted by Gasteiger charge is -2.48. The maximum absolute atomic E-state index is 13.7. The van der Waals surface area contributed by atoms with Gasteiger partial charge >= 0.3 is 5.97 Å². The van der Waals surface area contributed by atoms with E-state index < -0.39 is 18.2 Å². The van der Waals surface area contributed by atoms with Gasteiger partial charge < -0.3 is 18.9 Å². The first-order valence-corrected chi connectivity index (χ1v) is 12.4. The van der Waals surface area contributed by atoms with Crippen LogP contribution in [0.4, 0.5) is 5.69 Å². The van der Waals surface area contributed by atoms with Crippen molar-refractivity contribution in [2.75, 3.05) is 25.2 Å². The van der Waals surface area contributed by atoms with E-state index in [9.17, 15) is 19.2 Å². The standard InChI is InChI=1S/C27H31N3O6/c1-16-13-21(18(3)28(16)17(2)14-35-4)23(31)15-36-26(34)27-12-11-24(32)30(27)22-8-6-5-7-20(22)25(33)29(27)19-9-10-19/h5-8,13,17,19H,9-12,14-15H2,1-4H3/t17-,27-/m0/s1. The maximum Gasteiger partial charge on any atom is 0.354 e. The Kier molecular flexibility index (Phi) is 5.98. The number of Topliss-reactive ketones (excluding diaryl/α,β-unsaturated/α-hetero) is 1. The number of carbonyl (C=O) groups excluding carboxylic acids is 4. The summed E-state index contributed by atoms with van der Waals surface area (Å²) in [6.45, 7) is 5.81. The van der Waals surface area contributed by atoms with E-state index >= 15 is 0 Å². The quantitative estimate of drug-likeness (QED) is 0.414. The number of nitrogens with zero attached hydrogens (tertiary/aromatic N) is 3. The number of fused-ring (bicyclic) bond motifs is 3. The second-order valence-corrected chi connectivity index (χ2v) is 9.93. The molecule has 5 rings (SSSR count). The fourth-order valence-electron chi connectivity index (χ4n) is 5.89. The van der Waals surface area contributed by atoms with Gasteiger partial charge in [-0.2, -0.15) is 0 Å². The van der Waals surface area contributed by atoms with Crippen LogP contribution in [0.5, 0.6) is 0 Å². The molecule has 0 unspecified atom stereocenters. The minimum atomic E-state index is -1.56. The predicted octanol–water partition coefficient (Wildman–Crippen LogP) is 3.18. The van der Waals surface area contributed by atoms with Crippen LogP contribution >= 0.6 is 0 Å². The van der Waals surface area contributed by atoms with Gasteiger partial charge in [-0.1, -0.05) is 12.1 Å². The molecule has 1 aromatic heterocycles. The molecule has 36 heavy (non-hydrogen) atoms. The zero-order valence-electron chi connectivity index (χ0n) is 21.1. The molecule has 1 saturated carbocycles. The number of aromatic nitrogens is 1. The molecule has 1 saturated heterocycles. The summed E-state index contributed by atoms with van der Waals surface area (Å²) >= 11 is 0. The average molecular weight is 494 g/mol. The number of hydrogen-bond donors (Lipinski definition) is 0. The second-order valence-electron chi connectivity index (χ2n) is 9.93. The molecule has 2 atom stereocenters. The first-order chi connectivity index (χ1) is 17.2. The van der Waals surface area contributed by atoms with E-state index in [0.29, 0.717) is 23.4 Å². The Morgan fingerprint density at radius 2 is 1.89 bits per heavy atom. The fraction of sp³-hybridized carbons (Fsp3) is 0.481. The maximum atomic E-state index is 13.7. The second kappa shape index (κ2) is 8.89. The number of para-hydroxylation sites is 1. The van der Waals surface area contributed by atoms with Crippen molar-refractivity contribution in [1.29, 1.82) is 0 Å². The number of rotatable bonds is 8. The van der Waals surface area contributed by atoms with Crippen LogP contribution < -0.4 is 4.90 Å². The number of ether oxygens (including phenoxy) is 2. The van der Waals surface area contributed by atoms with E-state index in [4.69, 9.17) is 9.47 Å². The van der Waals surface area contributed by atoms with Gasteiger partial charge in [0, 0.05) is 42.9 Å². The van der Waals surface area contributed by atoms with E-state index in [1.54, 1.807) is 37.4 Å². The molecule has 0 radical (unpaired) electrons. The molecule has 2 aliphatic heterocycles. The summed E-state index contributed by atoms with van der Waals surface area (Å²) in [5.74, 6) is -1.59. The van der Waals surface area contributed by atoms with Crippen molar-refractivity contribution in [1.82, 2.24) is 9.47 Å². The van der Waals surface area contributed by atoms with Crippen LogP contribution in [-0.2, 0) is 19.1 Å². The Balaban J connectivity index is 1.43. The molecular formula is C27H31N3O6. The van der Waals surface area contributed by atoms with E-state index in [0.717, 1.165) is 24.2 Å². The van der Waals surface area contributed by atoms with Crippen molar-refractivity contribution in [3.8, 4) is 0 Å². The largest absolute Gasteiger partial charge is 0.454 e. The monoisotopic (exact) mass is 493 g/mol. The van der Waals surface area contributed by atoms with E-state index in [1.165, 1.54) is 9.80 Å². The highest BCUT2D eigenvalue weighted by molar-refractivity contribution is 6.16. The van der Waals surface area contributed by atoms with Gasteiger partial charge in [0.1, 0.15) is 0 Å². The van der Waals surface area contributed by atoms with Gasteiger partial charge in [-0.15, -0.1) is 0 Å². The molecule has 9 nitrogen and oxygen atoms in total. The smallest absolute Gasteiger partial charge is 0.354 e. The minimum absolute atomic E-state index is 0.0384. The van der Waals surface area contributed by atoms with Crippen LogP contribution in [-0.4, -0.2) is 65.1 Å². The molecule has 1 aromatic carbocycles. The van der Waals surface area contributed by atoms with Crippen LogP contribution in [0.25, 0.3) is 0 Å². The number of esters is 1. The van der Waals surface area contributed by atoms with Gasteiger partial charge in [0.05, 0.1) is 23.9 Å². The number of ketones is 1. The summed E-state index contributed by atoms with van der Waals surface area (Å²) in [5.41, 5.74) is 1.41. The molecule has 2 amide bonds. The summed E-state index contributed by atoms with van der Waals surface area (Å²) in [6, 6.07) is 8.54. The first-order valence-electron chi connectivity index (χ1n) is 12.4. The normalized spacial score (nSPS) is 21.9. The molecule has 9 heteroatoms. The molecule has 0 N–H and O–H groups in total. The van der Waals surface area contributed by atoms with Crippen molar-refractivity contribution >= 4 is 29.3 Å². The van der Waals surface area contributed by atoms with Crippen molar-refractivity contribution in [2.24, 2.45) is 0 Å². The van der Waals surface area contributed by atoms with Gasteiger partial charge in [-0.25, -0.2) is 4.79 Å². The van der Waals surface area contributed by atoms with Crippen LogP contribution in [0.1, 0.15) is 70.8 Å². The highest BCUT2D eigenvalue weighted by atomic mass is 16.5. The summed E-state index contributed by atoms with van der Waals surface area (Å²) < 4.78 is 12.9. The van der Waals surface area contributed by atoms with Crippen LogP contribution in [0, 0.1) is 13.8 Å². The van der Waals surface area contributed by atoms with Crippen LogP contribution in [0.3, 0.4) is 0 Å². The summed E-state index contributed by atoms with van der Waals surface area (Å²) in [6.07, 6.45) is 1.77. The number of methoxy groups -OCH3 is 1. The number of hydrogen-bond acceptors (Lipinski definition) is 6. The number of benzene rings is 1. The van der Waals surface area contributed by atoms with Gasteiger partial charge in [-0.05, 0) is 51.8 Å². The van der Waals surface area contributed by atoms with Gasteiger partial charge in [-0.3, -0.25) is 19.3 Å². The molecule has 190 valence electrons. The third-order valence-electron chi connectivity index (χ3n) is 7.51. The van der Waals surface area contributed by atoms with Crippen molar-refractivity contribution in [3.63, 3.8) is 0 Å². The molecule has 0 spiro atoms. The minimum Gasteiger partial charge on any atom is -0.454 e. The third kappa shape index (κ3) is 3.56. The predicted molar refractivity (Wildman–Crippen MR) is 131 cm³/mol. The summed E-state index contributed by atoms with van der Waals surface area (Å²) in [5, 5.41) is 0. The first kappa shape index (κ1) is 24.2. The lowest BCUT2D eigenvalue weighted by Crippen LogP contribution is -2.69. The molecular weight excluding hydrogens is 462 g/mol. The number of amides is 2. The van der Waals surface area contributed by atoms with Crippen molar-refractivity contribution in [2.45, 2.75) is 64.2 Å². The van der Waals surface area contributed by atoms with Gasteiger partial charge in [0.15, 0.2) is 6.61 Å². The van der Waals surface area contributed by atoms with Gasteiger partial charge in [0.25, 0.3) is 5.91 Å². The Morgan fingerprint density at radius 1 is 1.17 bits per heavy atom. The Bertz CT molecular complexity index is 1260. The molecule has 0 bridgehead atoms. The SMILES string of the molecule is COC[C@H](C)n1c(C)cc(C(=O)COC(=O)[C@]23CCC(=O)N2c2ccccc2C(=O)N3C2CC2)c1C. The number of anilines is 1. The van der Waals surface area contributed by atoms with E-state index in [1.807, 2.05) is 25.3 Å². The lowest BCUT2D eigenvalue weighted by atomic mass is 9.96. The van der Waals surface area contributed by atoms with E-state index in [-0.39, 0.29) is 42.5 Å². The zero-order valence-corrected chi connectivity index (χ0v) is 21.1. The molecule has 1 aliphatic carbocycles. The molecule has 3 aliphatic rings. The Labute approximate surface area is 209 Å². The number of aryl methyl sites for hydroxylation is 1. The van der Waals surface area contributed by atoms with Crippen molar-refractivity contribution in [3.05, 3.63) is 52.8 Å². The zero-order chi connectivity index (χ0) is 25.8. The van der Waals surface area contributed by atoms with Gasteiger partial charge in [0.2, 0.25) is 17.4 Å². The third-order valence-corrected chi connectivity index (χ3v) is 7.51.